The van der Waals surface area contributed by atoms with Crippen molar-refractivity contribution in [2.75, 3.05) is 6.61 Å². The van der Waals surface area contributed by atoms with E-state index in [1.165, 1.54) is 11.3 Å². The molecule has 35 heavy (non-hydrogen) atoms. The van der Waals surface area contributed by atoms with Crippen LogP contribution >= 0.6 is 0 Å². The highest BCUT2D eigenvalue weighted by atomic mass is 16.4. The molecule has 2 atom stereocenters. The topological polar surface area (TPSA) is 128 Å². The van der Waals surface area contributed by atoms with Gasteiger partial charge in [-0.25, -0.2) is 14.8 Å². The van der Waals surface area contributed by atoms with Crippen LogP contribution in [0.2, 0.25) is 0 Å². The fourth-order valence-electron chi connectivity index (χ4n) is 4.60. The normalized spacial score (nSPS) is 18.6. The number of aliphatic imine (C=N–C) groups is 1. The van der Waals surface area contributed by atoms with Gasteiger partial charge in [-0.05, 0) is 36.5 Å². The third kappa shape index (κ3) is 4.54. The number of guanidine groups is 1. The second kappa shape index (κ2) is 9.71. The fourth-order valence-corrected chi connectivity index (χ4v) is 4.60. The second-order valence-corrected chi connectivity index (χ2v) is 8.96. The first-order valence-electron chi connectivity index (χ1n) is 11.4. The highest BCUT2D eigenvalue weighted by molar-refractivity contribution is 6.11. The Labute approximate surface area is 203 Å². The number of aromatic nitrogens is 1. The number of hydrogen-bond acceptors (Lipinski definition) is 6. The van der Waals surface area contributed by atoms with Crippen molar-refractivity contribution in [3.05, 3.63) is 77.8 Å². The number of aliphatic hydroxyl groups excluding tert-OH is 1. The number of nitrogens with zero attached hydrogens (tertiary/aromatic N) is 3. The Morgan fingerprint density at radius 1 is 1.17 bits per heavy atom. The molecule has 1 unspecified atom stereocenters. The van der Waals surface area contributed by atoms with Gasteiger partial charge in [0.05, 0.1) is 18.3 Å². The van der Waals surface area contributed by atoms with Gasteiger partial charge in [-0.2, -0.15) is 0 Å². The standard InChI is InChI=1S/C26H28N4O5/c1-16(2)13-26(20-10-5-4-6-11-20)23(32)30(24(29-26)28-25(33)34)21(14-31)18-8-7-9-19(12-18)22-17(3)27-15-35-22/h4-12,15-16,21,31H,13-14H2,1-3H3,(H,28,29)(H,33,34)/t21-,26?/m1/s1. The van der Waals surface area contributed by atoms with E-state index in [9.17, 15) is 19.8 Å². The maximum Gasteiger partial charge on any atom is 0.411 e. The number of oxazole rings is 1. The van der Waals surface area contributed by atoms with E-state index >= 15 is 0 Å². The quantitative estimate of drug-likeness (QED) is 0.471. The van der Waals surface area contributed by atoms with Crippen LogP contribution in [0.5, 0.6) is 0 Å². The zero-order valence-corrected chi connectivity index (χ0v) is 19.8. The molecule has 0 radical (unpaired) electrons. The molecule has 182 valence electrons. The first kappa shape index (κ1) is 24.2. The van der Waals surface area contributed by atoms with Crippen LogP contribution in [-0.2, 0) is 10.3 Å². The Hall–Kier alpha value is -3.98. The molecule has 3 aromatic rings. The summed E-state index contributed by atoms with van der Waals surface area (Å²) >= 11 is 0. The van der Waals surface area contributed by atoms with Crippen molar-refractivity contribution in [3.8, 4) is 11.3 Å². The third-order valence-electron chi connectivity index (χ3n) is 6.04. The summed E-state index contributed by atoms with van der Waals surface area (Å²) in [6, 6.07) is 15.4. The Balaban J connectivity index is 1.83. The SMILES string of the molecule is Cc1ncoc1-c1cccc([C@@H](CO)N2C(=O)C(CC(C)C)(c3ccccc3)N=C2NC(=O)O)c1. The van der Waals surface area contributed by atoms with Crippen LogP contribution in [0.25, 0.3) is 11.3 Å². The number of carbonyl (C=O) groups excluding carboxylic acids is 1. The van der Waals surface area contributed by atoms with Gasteiger partial charge in [0.25, 0.3) is 5.91 Å². The van der Waals surface area contributed by atoms with Gasteiger partial charge in [0.15, 0.2) is 17.7 Å². The maximum atomic E-state index is 14.1. The lowest BCUT2D eigenvalue weighted by Crippen LogP contribution is -2.48. The van der Waals surface area contributed by atoms with Gasteiger partial charge in [0.2, 0.25) is 5.96 Å². The van der Waals surface area contributed by atoms with E-state index in [1.54, 1.807) is 18.2 Å². The van der Waals surface area contributed by atoms with Crippen molar-refractivity contribution < 1.29 is 24.2 Å². The summed E-state index contributed by atoms with van der Waals surface area (Å²) in [6.07, 6.45) is 0.372. The Morgan fingerprint density at radius 3 is 2.51 bits per heavy atom. The van der Waals surface area contributed by atoms with Gasteiger partial charge in [-0.1, -0.05) is 62.4 Å². The lowest BCUT2D eigenvalue weighted by Gasteiger charge is -2.32. The summed E-state index contributed by atoms with van der Waals surface area (Å²) in [5, 5.41) is 22.2. The molecule has 0 saturated carbocycles. The third-order valence-corrected chi connectivity index (χ3v) is 6.04. The Morgan fingerprint density at radius 2 is 1.91 bits per heavy atom. The van der Waals surface area contributed by atoms with Crippen molar-refractivity contribution in [3.63, 3.8) is 0 Å². The van der Waals surface area contributed by atoms with Crippen LogP contribution in [0, 0.1) is 12.8 Å². The molecule has 2 heterocycles. The van der Waals surface area contributed by atoms with Gasteiger partial charge >= 0.3 is 6.09 Å². The number of aryl methyl sites for hydroxylation is 1. The number of rotatable bonds is 7. The van der Waals surface area contributed by atoms with Gasteiger partial charge in [0.1, 0.15) is 0 Å². The van der Waals surface area contributed by atoms with Crippen molar-refractivity contribution in [1.29, 1.82) is 0 Å². The number of carboxylic acid groups (broad SMARTS) is 1. The van der Waals surface area contributed by atoms with E-state index in [4.69, 9.17) is 4.42 Å². The lowest BCUT2D eigenvalue weighted by atomic mass is 9.82. The molecule has 1 aliphatic rings. The summed E-state index contributed by atoms with van der Waals surface area (Å²) in [6.45, 7) is 5.33. The van der Waals surface area contributed by atoms with E-state index in [0.29, 0.717) is 29.0 Å². The maximum absolute atomic E-state index is 14.1. The number of carbonyl (C=O) groups is 2. The minimum atomic E-state index is -1.35. The molecule has 3 N–H and O–H groups in total. The summed E-state index contributed by atoms with van der Waals surface area (Å²) in [5.41, 5.74) is 1.37. The smallest absolute Gasteiger partial charge is 0.411 e. The minimum Gasteiger partial charge on any atom is -0.465 e. The van der Waals surface area contributed by atoms with Crippen LogP contribution in [0.4, 0.5) is 4.79 Å². The summed E-state index contributed by atoms with van der Waals surface area (Å²) in [5.74, 6) is 0.139. The molecule has 4 rings (SSSR count). The first-order chi connectivity index (χ1) is 16.8. The molecular weight excluding hydrogens is 448 g/mol. The fraction of sp³-hybridized carbons (Fsp3) is 0.308. The van der Waals surface area contributed by atoms with E-state index in [1.807, 2.05) is 57.2 Å². The molecule has 0 saturated heterocycles. The number of aliphatic hydroxyl groups is 1. The molecule has 2 aromatic carbocycles. The highest BCUT2D eigenvalue weighted by Crippen LogP contribution is 2.42. The summed E-state index contributed by atoms with van der Waals surface area (Å²) in [7, 11) is 0. The zero-order chi connectivity index (χ0) is 25.2. The molecule has 9 heteroatoms. The van der Waals surface area contributed by atoms with E-state index in [-0.39, 0.29) is 11.9 Å². The predicted octanol–water partition coefficient (Wildman–Crippen LogP) is 4.09. The molecule has 9 nitrogen and oxygen atoms in total. The molecule has 0 fully saturated rings. The van der Waals surface area contributed by atoms with Crippen LogP contribution in [-0.4, -0.2) is 44.7 Å². The Kier molecular flexibility index (Phi) is 6.70. The van der Waals surface area contributed by atoms with Gasteiger partial charge in [-0.3, -0.25) is 15.0 Å². The predicted molar refractivity (Wildman–Crippen MR) is 130 cm³/mol. The number of benzene rings is 2. The van der Waals surface area contributed by atoms with Crippen molar-refractivity contribution in [2.45, 2.75) is 38.8 Å². The van der Waals surface area contributed by atoms with Crippen LogP contribution in [0.15, 0.2) is 70.4 Å². The van der Waals surface area contributed by atoms with Crippen LogP contribution in [0.1, 0.15) is 43.1 Å². The van der Waals surface area contributed by atoms with Gasteiger partial charge in [0, 0.05) is 5.56 Å². The molecule has 0 aliphatic carbocycles. The zero-order valence-electron chi connectivity index (χ0n) is 19.8. The second-order valence-electron chi connectivity index (χ2n) is 8.96. The Bertz CT molecular complexity index is 1250. The lowest BCUT2D eigenvalue weighted by molar-refractivity contribution is -0.134. The highest BCUT2D eigenvalue weighted by Gasteiger charge is 2.52. The molecular formula is C26H28N4O5. The number of amides is 2. The largest absolute Gasteiger partial charge is 0.465 e. The van der Waals surface area contributed by atoms with Gasteiger partial charge < -0.3 is 14.6 Å². The summed E-state index contributed by atoms with van der Waals surface area (Å²) in [4.78, 5) is 35.9. The minimum absolute atomic E-state index is 0.0827. The van der Waals surface area contributed by atoms with Crippen molar-refractivity contribution >= 4 is 18.0 Å². The number of hydrogen-bond donors (Lipinski definition) is 3. The molecule has 1 aliphatic heterocycles. The van der Waals surface area contributed by atoms with Crippen molar-refractivity contribution in [2.24, 2.45) is 10.9 Å². The first-order valence-corrected chi connectivity index (χ1v) is 11.4. The monoisotopic (exact) mass is 476 g/mol. The van der Waals surface area contributed by atoms with E-state index < -0.39 is 30.2 Å². The van der Waals surface area contributed by atoms with E-state index in [2.05, 4.69) is 15.3 Å². The molecule has 2 amide bonds. The molecule has 1 aromatic heterocycles. The van der Waals surface area contributed by atoms with Gasteiger partial charge in [-0.15, -0.1) is 0 Å². The average Bonchev–Trinajstić information content (AvgIpc) is 3.37. The van der Waals surface area contributed by atoms with Crippen LogP contribution in [0.3, 0.4) is 0 Å². The summed E-state index contributed by atoms with van der Waals surface area (Å²) < 4.78 is 5.51. The number of nitrogens with one attached hydrogen (secondary N) is 1. The van der Waals surface area contributed by atoms with Crippen molar-refractivity contribution in [1.82, 2.24) is 15.2 Å². The average molecular weight is 477 g/mol. The molecule has 0 bridgehead atoms. The van der Waals surface area contributed by atoms with Crippen LogP contribution < -0.4 is 5.32 Å². The molecule has 0 spiro atoms. The van der Waals surface area contributed by atoms with E-state index in [0.717, 1.165) is 5.56 Å².